The molecule has 0 aromatic heterocycles. The van der Waals surface area contributed by atoms with E-state index < -0.39 is 0 Å². The first kappa shape index (κ1) is 23.2. The average Bonchev–Trinajstić information content (AvgIpc) is 2.75. The number of carbonyl (C=O) groups is 1. The van der Waals surface area contributed by atoms with Crippen molar-refractivity contribution in [3.05, 3.63) is 78.9 Å². The number of allylic oxidation sites excluding steroid dienone is 1. The summed E-state index contributed by atoms with van der Waals surface area (Å²) < 4.78 is 0. The van der Waals surface area contributed by atoms with E-state index in [1.54, 1.807) is 0 Å². The van der Waals surface area contributed by atoms with Gasteiger partial charge in [-0.15, -0.1) is 19.0 Å². The summed E-state index contributed by atoms with van der Waals surface area (Å²) in [6.07, 6.45) is 5.56. The minimum Gasteiger partial charge on any atom is -0.309 e. The lowest BCUT2D eigenvalue weighted by Crippen LogP contribution is -2.53. The van der Waals surface area contributed by atoms with Crippen LogP contribution in [0.2, 0.25) is 0 Å². The van der Waals surface area contributed by atoms with Gasteiger partial charge in [0.2, 0.25) is 5.91 Å². The van der Waals surface area contributed by atoms with E-state index in [-0.39, 0.29) is 24.4 Å². The number of amides is 1. The van der Waals surface area contributed by atoms with Gasteiger partial charge in [-0.05, 0) is 42.9 Å². The lowest BCUT2D eigenvalue weighted by Gasteiger charge is -2.44. The predicted octanol–water partition coefficient (Wildman–Crippen LogP) is 5.36. The van der Waals surface area contributed by atoms with Crippen LogP contribution in [0.25, 0.3) is 0 Å². The van der Waals surface area contributed by atoms with Crippen LogP contribution in [0.3, 0.4) is 0 Å². The van der Waals surface area contributed by atoms with E-state index in [1.165, 1.54) is 5.56 Å². The molecule has 1 heterocycles. The van der Waals surface area contributed by atoms with Gasteiger partial charge < -0.3 is 9.80 Å². The van der Waals surface area contributed by atoms with Crippen molar-refractivity contribution in [2.24, 2.45) is 5.92 Å². The van der Waals surface area contributed by atoms with Gasteiger partial charge in [-0.1, -0.05) is 61.5 Å². The number of halogens is 1. The highest BCUT2D eigenvalue weighted by Crippen LogP contribution is 2.30. The van der Waals surface area contributed by atoms with Crippen LogP contribution in [0.1, 0.15) is 31.7 Å². The first-order valence-electron chi connectivity index (χ1n) is 10.5. The monoisotopic (exact) mass is 412 g/mol. The van der Waals surface area contributed by atoms with E-state index in [4.69, 9.17) is 0 Å². The average molecular weight is 413 g/mol. The number of rotatable bonds is 8. The molecule has 1 fully saturated rings. The van der Waals surface area contributed by atoms with E-state index in [9.17, 15) is 4.79 Å². The van der Waals surface area contributed by atoms with Gasteiger partial charge in [0.25, 0.3) is 0 Å². The topological polar surface area (TPSA) is 23.6 Å². The van der Waals surface area contributed by atoms with Crippen molar-refractivity contribution < 1.29 is 4.79 Å². The number of hydrogen-bond acceptors (Lipinski definition) is 2. The molecule has 0 saturated carbocycles. The van der Waals surface area contributed by atoms with Crippen LogP contribution in [-0.2, 0) is 11.2 Å². The number of hydrogen-bond donors (Lipinski definition) is 0. The van der Waals surface area contributed by atoms with Gasteiger partial charge in [0.15, 0.2) is 0 Å². The van der Waals surface area contributed by atoms with Gasteiger partial charge in [-0.2, -0.15) is 0 Å². The molecule has 4 heteroatoms. The standard InChI is InChI=1S/C25H32N2O.ClH/c1-3-11-22-20-26(18-16-21-12-7-5-8-13-21)19-17-24(22)27(25(28)4-2)23-14-9-6-10-15-23;/h3,5-10,12-15,22,24H,1,4,11,16-20H2,2H3;1H. The fourth-order valence-corrected chi connectivity index (χ4v) is 4.30. The summed E-state index contributed by atoms with van der Waals surface area (Å²) in [5.74, 6) is 0.626. The highest BCUT2D eigenvalue weighted by molar-refractivity contribution is 5.93. The summed E-state index contributed by atoms with van der Waals surface area (Å²) in [6, 6.07) is 21.1. The van der Waals surface area contributed by atoms with Crippen molar-refractivity contribution in [1.29, 1.82) is 0 Å². The van der Waals surface area contributed by atoms with Gasteiger partial charge in [-0.3, -0.25) is 4.79 Å². The number of carbonyl (C=O) groups excluding carboxylic acids is 1. The molecule has 0 spiro atoms. The molecule has 0 N–H and O–H groups in total. The second-order valence-electron chi connectivity index (χ2n) is 7.63. The van der Waals surface area contributed by atoms with Crippen LogP contribution in [0.5, 0.6) is 0 Å². The van der Waals surface area contributed by atoms with Crippen LogP contribution in [-0.4, -0.2) is 36.5 Å². The second-order valence-corrected chi connectivity index (χ2v) is 7.63. The summed E-state index contributed by atoms with van der Waals surface area (Å²) in [5.41, 5.74) is 2.41. The highest BCUT2D eigenvalue weighted by atomic mass is 35.5. The van der Waals surface area contributed by atoms with E-state index in [0.717, 1.165) is 44.6 Å². The Morgan fingerprint density at radius 2 is 1.79 bits per heavy atom. The van der Waals surface area contributed by atoms with Gasteiger partial charge in [0.1, 0.15) is 0 Å². The van der Waals surface area contributed by atoms with Gasteiger partial charge in [0, 0.05) is 37.8 Å². The minimum atomic E-state index is 0. The molecule has 1 aliphatic rings. The fraction of sp³-hybridized carbons (Fsp3) is 0.400. The van der Waals surface area contributed by atoms with E-state index in [1.807, 2.05) is 31.2 Å². The van der Waals surface area contributed by atoms with Gasteiger partial charge >= 0.3 is 0 Å². The Labute approximate surface area is 181 Å². The van der Waals surface area contributed by atoms with E-state index >= 15 is 0 Å². The Balaban J connectivity index is 0.00000300. The second kappa shape index (κ2) is 11.8. The molecule has 2 aromatic rings. The molecule has 2 atom stereocenters. The van der Waals surface area contributed by atoms with Crippen LogP contribution >= 0.6 is 12.4 Å². The van der Waals surface area contributed by atoms with Crippen molar-refractivity contribution in [3.63, 3.8) is 0 Å². The Morgan fingerprint density at radius 3 is 2.41 bits per heavy atom. The highest BCUT2D eigenvalue weighted by Gasteiger charge is 2.35. The van der Waals surface area contributed by atoms with Gasteiger partial charge in [0.05, 0.1) is 0 Å². The zero-order valence-electron chi connectivity index (χ0n) is 17.4. The molecule has 0 radical (unpaired) electrons. The maximum atomic E-state index is 12.8. The third-order valence-electron chi connectivity index (χ3n) is 5.74. The lowest BCUT2D eigenvalue weighted by atomic mass is 9.87. The van der Waals surface area contributed by atoms with Crippen molar-refractivity contribution >= 4 is 24.0 Å². The lowest BCUT2D eigenvalue weighted by molar-refractivity contribution is -0.119. The van der Waals surface area contributed by atoms with Crippen molar-refractivity contribution in [3.8, 4) is 0 Å². The van der Waals surface area contributed by atoms with Crippen molar-refractivity contribution in [2.75, 3.05) is 24.5 Å². The molecule has 3 nitrogen and oxygen atoms in total. The number of anilines is 1. The summed E-state index contributed by atoms with van der Waals surface area (Å²) in [6.45, 7) is 9.05. The molecule has 1 amide bonds. The quantitative estimate of drug-likeness (QED) is 0.545. The summed E-state index contributed by atoms with van der Waals surface area (Å²) in [4.78, 5) is 17.5. The minimum absolute atomic E-state index is 0. The van der Waals surface area contributed by atoms with Crippen LogP contribution in [0.15, 0.2) is 73.3 Å². The number of benzene rings is 2. The molecule has 2 aromatic carbocycles. The number of nitrogens with zero attached hydrogens (tertiary/aromatic N) is 2. The Morgan fingerprint density at radius 1 is 1.14 bits per heavy atom. The summed E-state index contributed by atoms with van der Waals surface area (Å²) >= 11 is 0. The summed E-state index contributed by atoms with van der Waals surface area (Å²) in [5, 5.41) is 0. The van der Waals surface area contributed by atoms with Crippen LogP contribution in [0.4, 0.5) is 5.69 Å². The Kier molecular flexibility index (Phi) is 9.43. The van der Waals surface area contributed by atoms with Gasteiger partial charge in [-0.25, -0.2) is 0 Å². The smallest absolute Gasteiger partial charge is 0.226 e. The number of para-hydroxylation sites is 1. The molecule has 0 aliphatic carbocycles. The third kappa shape index (κ3) is 6.19. The molecule has 1 saturated heterocycles. The molecule has 156 valence electrons. The SMILES string of the molecule is C=CCC1CN(CCc2ccccc2)CCC1N(C(=O)CC)c1ccccc1.Cl. The van der Waals surface area contributed by atoms with Crippen LogP contribution < -0.4 is 4.90 Å². The molecule has 3 rings (SSSR count). The van der Waals surface area contributed by atoms with Crippen LogP contribution in [0, 0.1) is 5.92 Å². The predicted molar refractivity (Wildman–Crippen MR) is 125 cm³/mol. The molecular weight excluding hydrogens is 380 g/mol. The van der Waals surface area contributed by atoms with Crippen molar-refractivity contribution in [2.45, 2.75) is 38.6 Å². The maximum absolute atomic E-state index is 12.8. The summed E-state index contributed by atoms with van der Waals surface area (Å²) in [7, 11) is 0. The van der Waals surface area contributed by atoms with Crippen molar-refractivity contribution in [1.82, 2.24) is 4.90 Å². The molecule has 2 unspecified atom stereocenters. The first-order chi connectivity index (χ1) is 13.7. The van der Waals surface area contributed by atoms with E-state index in [2.05, 4.69) is 58.8 Å². The number of likely N-dealkylation sites (tertiary alicyclic amines) is 1. The zero-order valence-corrected chi connectivity index (χ0v) is 18.2. The zero-order chi connectivity index (χ0) is 19.8. The molecular formula is C25H33ClN2O. The maximum Gasteiger partial charge on any atom is 0.226 e. The third-order valence-corrected chi connectivity index (χ3v) is 5.74. The largest absolute Gasteiger partial charge is 0.309 e. The Bertz CT molecular complexity index is 750. The molecule has 0 bridgehead atoms. The molecule has 29 heavy (non-hydrogen) atoms. The number of piperidine rings is 1. The Hall–Kier alpha value is -2.10. The normalized spacial score (nSPS) is 19.2. The van der Waals surface area contributed by atoms with E-state index in [0.29, 0.717) is 12.3 Å². The molecule has 1 aliphatic heterocycles. The first-order valence-corrected chi connectivity index (χ1v) is 10.5. The fourth-order valence-electron chi connectivity index (χ4n) is 4.30.